The number of benzene rings is 1. The van der Waals surface area contributed by atoms with Gasteiger partial charge in [0.1, 0.15) is 0 Å². The molecule has 3 rings (SSSR count). The molecule has 108 valence electrons. The van der Waals surface area contributed by atoms with E-state index in [1.165, 1.54) is 32.4 Å². The fourth-order valence-corrected chi connectivity index (χ4v) is 3.50. The third kappa shape index (κ3) is 2.83. The fraction of sp³-hybridized carbons (Fsp3) is 0.600. The smallest absolute Gasteiger partial charge is 0.273 e. The van der Waals surface area contributed by atoms with Crippen LogP contribution in [0, 0.1) is 10.1 Å². The van der Waals surface area contributed by atoms with Gasteiger partial charge in [0.2, 0.25) is 0 Å². The molecule has 1 aromatic carbocycles. The highest BCUT2D eigenvalue weighted by molar-refractivity contribution is 5.39. The number of nitrogens with zero attached hydrogens (tertiary/aromatic N) is 2. The van der Waals surface area contributed by atoms with E-state index in [2.05, 4.69) is 10.2 Å². The Morgan fingerprint density at radius 2 is 2.15 bits per heavy atom. The summed E-state index contributed by atoms with van der Waals surface area (Å²) < 4.78 is 0. The minimum absolute atomic E-state index is 0.221. The topological polar surface area (TPSA) is 58.4 Å². The summed E-state index contributed by atoms with van der Waals surface area (Å²) in [5, 5.41) is 14.5. The molecule has 2 aliphatic rings. The first-order valence-electron chi connectivity index (χ1n) is 7.44. The molecule has 2 atom stereocenters. The molecule has 1 N–H and O–H groups in total. The molecule has 2 heterocycles. The lowest BCUT2D eigenvalue weighted by molar-refractivity contribution is -0.385. The molecule has 20 heavy (non-hydrogen) atoms. The van der Waals surface area contributed by atoms with Gasteiger partial charge in [-0.2, -0.15) is 0 Å². The molecule has 2 unspecified atom stereocenters. The maximum Gasteiger partial charge on any atom is 0.273 e. The maximum absolute atomic E-state index is 11.0. The molecule has 0 aliphatic carbocycles. The van der Waals surface area contributed by atoms with Gasteiger partial charge in [0.05, 0.1) is 4.92 Å². The minimum atomic E-state index is -0.295. The van der Waals surface area contributed by atoms with Crippen LogP contribution in [0.4, 0.5) is 5.69 Å². The average Bonchev–Trinajstić information content (AvgIpc) is 2.92. The summed E-state index contributed by atoms with van der Waals surface area (Å²) in [6.07, 6.45) is 4.96. The molecule has 1 aromatic rings. The average molecular weight is 275 g/mol. The second kappa shape index (κ2) is 5.89. The highest BCUT2D eigenvalue weighted by Crippen LogP contribution is 2.27. The molecule has 2 saturated heterocycles. The van der Waals surface area contributed by atoms with Crippen molar-refractivity contribution in [2.24, 2.45) is 0 Å². The molecular weight excluding hydrogens is 254 g/mol. The Hall–Kier alpha value is -1.46. The lowest BCUT2D eigenvalue weighted by Gasteiger charge is -2.35. The maximum atomic E-state index is 11.0. The molecule has 5 nitrogen and oxygen atoms in total. The Morgan fingerprint density at radius 1 is 1.30 bits per heavy atom. The van der Waals surface area contributed by atoms with E-state index in [0.717, 1.165) is 18.0 Å². The molecule has 5 heteroatoms. The van der Waals surface area contributed by atoms with Crippen LogP contribution in [-0.2, 0) is 6.54 Å². The zero-order valence-corrected chi connectivity index (χ0v) is 11.6. The third-order valence-corrected chi connectivity index (χ3v) is 4.59. The summed E-state index contributed by atoms with van der Waals surface area (Å²) in [7, 11) is 0. The van der Waals surface area contributed by atoms with Crippen molar-refractivity contribution in [3.05, 3.63) is 39.9 Å². The van der Waals surface area contributed by atoms with Crippen molar-refractivity contribution < 1.29 is 4.92 Å². The number of fused-ring (bicyclic) bond motifs is 1. The zero-order chi connectivity index (χ0) is 13.9. The van der Waals surface area contributed by atoms with Crippen LogP contribution >= 0.6 is 0 Å². The van der Waals surface area contributed by atoms with Crippen LogP contribution in [0.5, 0.6) is 0 Å². The van der Waals surface area contributed by atoms with Crippen molar-refractivity contribution >= 4 is 5.69 Å². The van der Waals surface area contributed by atoms with Gasteiger partial charge in [0.15, 0.2) is 0 Å². The third-order valence-electron chi connectivity index (χ3n) is 4.59. The zero-order valence-electron chi connectivity index (χ0n) is 11.6. The van der Waals surface area contributed by atoms with Gasteiger partial charge in [-0.3, -0.25) is 10.1 Å². The van der Waals surface area contributed by atoms with E-state index in [1.54, 1.807) is 12.1 Å². The normalized spacial score (nSPS) is 26.4. The number of piperidine rings is 1. The number of nitro benzene ring substituents is 1. The molecule has 0 radical (unpaired) electrons. The van der Waals surface area contributed by atoms with Crippen LogP contribution in [0.2, 0.25) is 0 Å². The van der Waals surface area contributed by atoms with Crippen LogP contribution in [0.15, 0.2) is 24.3 Å². The summed E-state index contributed by atoms with van der Waals surface area (Å²) in [4.78, 5) is 13.3. The van der Waals surface area contributed by atoms with Crippen LogP contribution in [0.25, 0.3) is 0 Å². The predicted octanol–water partition coefficient (Wildman–Crippen LogP) is 2.31. The Balaban J connectivity index is 1.58. The SMILES string of the molecule is O=[N+]([O-])c1ccccc1CNC1CCN2CCCC2C1. The number of nitrogens with one attached hydrogen (secondary N) is 1. The van der Waals surface area contributed by atoms with Gasteiger partial charge in [0, 0.05) is 30.3 Å². The molecule has 0 saturated carbocycles. The van der Waals surface area contributed by atoms with E-state index in [4.69, 9.17) is 0 Å². The summed E-state index contributed by atoms with van der Waals surface area (Å²) in [5.41, 5.74) is 1.00. The van der Waals surface area contributed by atoms with Crippen molar-refractivity contribution in [1.82, 2.24) is 10.2 Å². The van der Waals surface area contributed by atoms with Crippen molar-refractivity contribution in [2.75, 3.05) is 13.1 Å². The quantitative estimate of drug-likeness (QED) is 0.676. The first-order chi connectivity index (χ1) is 9.74. The second-order valence-electron chi connectivity index (χ2n) is 5.82. The molecule has 0 bridgehead atoms. The largest absolute Gasteiger partial charge is 0.310 e. The van der Waals surface area contributed by atoms with Gasteiger partial charge in [-0.05, 0) is 38.8 Å². The minimum Gasteiger partial charge on any atom is -0.310 e. The van der Waals surface area contributed by atoms with Gasteiger partial charge in [0.25, 0.3) is 5.69 Å². The predicted molar refractivity (Wildman–Crippen MR) is 77.6 cm³/mol. The van der Waals surface area contributed by atoms with Crippen LogP contribution in [-0.4, -0.2) is 35.0 Å². The van der Waals surface area contributed by atoms with Gasteiger partial charge >= 0.3 is 0 Å². The van der Waals surface area contributed by atoms with Gasteiger partial charge < -0.3 is 10.2 Å². The van der Waals surface area contributed by atoms with Crippen LogP contribution in [0.3, 0.4) is 0 Å². The fourth-order valence-electron chi connectivity index (χ4n) is 3.50. The molecule has 2 aliphatic heterocycles. The summed E-state index contributed by atoms with van der Waals surface area (Å²) in [5.74, 6) is 0. The van der Waals surface area contributed by atoms with Crippen LogP contribution in [0.1, 0.15) is 31.2 Å². The lowest BCUT2D eigenvalue weighted by atomic mass is 9.97. The molecule has 2 fully saturated rings. The highest BCUT2D eigenvalue weighted by atomic mass is 16.6. The number of nitro groups is 1. The van der Waals surface area contributed by atoms with E-state index < -0.39 is 0 Å². The van der Waals surface area contributed by atoms with E-state index >= 15 is 0 Å². The van der Waals surface area contributed by atoms with E-state index in [0.29, 0.717) is 12.6 Å². The van der Waals surface area contributed by atoms with E-state index in [9.17, 15) is 10.1 Å². The Labute approximate surface area is 119 Å². The van der Waals surface area contributed by atoms with Crippen LogP contribution < -0.4 is 5.32 Å². The van der Waals surface area contributed by atoms with Crippen molar-refractivity contribution in [2.45, 2.75) is 44.3 Å². The molecular formula is C15H21N3O2. The molecule has 0 aromatic heterocycles. The molecule has 0 spiro atoms. The standard InChI is InChI=1S/C15H21N3O2/c19-18(20)15-6-2-1-4-12(15)11-16-13-7-9-17-8-3-5-14(17)10-13/h1-2,4,6,13-14,16H,3,5,7-11H2. The van der Waals surface area contributed by atoms with Crippen molar-refractivity contribution in [3.8, 4) is 0 Å². The number of para-hydroxylation sites is 1. The number of hydrogen-bond donors (Lipinski definition) is 1. The van der Waals surface area contributed by atoms with Crippen molar-refractivity contribution in [3.63, 3.8) is 0 Å². The number of rotatable bonds is 4. The number of hydrogen-bond acceptors (Lipinski definition) is 4. The first-order valence-corrected chi connectivity index (χ1v) is 7.44. The van der Waals surface area contributed by atoms with E-state index in [1.807, 2.05) is 12.1 Å². The second-order valence-corrected chi connectivity index (χ2v) is 5.82. The lowest BCUT2D eigenvalue weighted by Crippen LogP contribution is -2.45. The summed E-state index contributed by atoms with van der Waals surface area (Å²) in [6, 6.07) is 8.23. The van der Waals surface area contributed by atoms with Gasteiger partial charge in [-0.15, -0.1) is 0 Å². The first kappa shape index (κ1) is 13.5. The monoisotopic (exact) mass is 275 g/mol. The Kier molecular flexibility index (Phi) is 3.98. The van der Waals surface area contributed by atoms with E-state index in [-0.39, 0.29) is 10.6 Å². The molecule has 0 amide bonds. The highest BCUT2D eigenvalue weighted by Gasteiger charge is 2.31. The summed E-state index contributed by atoms with van der Waals surface area (Å²) in [6.45, 7) is 3.01. The summed E-state index contributed by atoms with van der Waals surface area (Å²) >= 11 is 0. The Bertz CT molecular complexity index is 492. The Morgan fingerprint density at radius 3 is 3.00 bits per heavy atom. The van der Waals surface area contributed by atoms with Gasteiger partial charge in [-0.1, -0.05) is 18.2 Å². The van der Waals surface area contributed by atoms with Gasteiger partial charge in [-0.25, -0.2) is 0 Å². The van der Waals surface area contributed by atoms with Crippen molar-refractivity contribution in [1.29, 1.82) is 0 Å².